The summed E-state index contributed by atoms with van der Waals surface area (Å²) in [6, 6.07) is 15.6. The molecule has 7 nitrogen and oxygen atoms in total. The van der Waals surface area contributed by atoms with Gasteiger partial charge >= 0.3 is 5.97 Å². The first kappa shape index (κ1) is 19.6. The molecular weight excluding hydrogens is 408 g/mol. The number of hydrogen-bond acceptors (Lipinski definition) is 6. The molecule has 4 rings (SSSR count). The molecule has 0 bridgehead atoms. The van der Waals surface area contributed by atoms with Crippen molar-refractivity contribution in [3.63, 3.8) is 0 Å². The molecule has 3 aromatic carbocycles. The summed E-state index contributed by atoms with van der Waals surface area (Å²) in [6.07, 6.45) is 1.60. The standard InChI is InChI=1S/C22H15ClN2O5/c1-2-29-20-10-8-13-5-3-4-6-15(13)16(20)12-18-22(26)30-21(24-18)14-7-9-17(23)19(11-14)25(27)28/h3-12H,2H2,1H3/b18-12-. The molecule has 150 valence electrons. The second-order valence-corrected chi connectivity index (χ2v) is 6.80. The molecule has 1 aliphatic heterocycles. The number of nitrogens with zero attached hydrogens (tertiary/aromatic N) is 2. The summed E-state index contributed by atoms with van der Waals surface area (Å²) >= 11 is 5.85. The number of fused-ring (bicyclic) bond motifs is 1. The third-order valence-electron chi connectivity index (χ3n) is 4.52. The Morgan fingerprint density at radius 2 is 2.00 bits per heavy atom. The van der Waals surface area contributed by atoms with E-state index in [1.807, 2.05) is 43.3 Å². The van der Waals surface area contributed by atoms with Gasteiger partial charge in [-0.15, -0.1) is 0 Å². The maximum Gasteiger partial charge on any atom is 0.363 e. The number of halogens is 1. The Morgan fingerprint density at radius 1 is 1.20 bits per heavy atom. The number of cyclic esters (lactones) is 1. The summed E-state index contributed by atoms with van der Waals surface area (Å²) in [7, 11) is 0. The summed E-state index contributed by atoms with van der Waals surface area (Å²) in [6.45, 7) is 2.33. The maximum absolute atomic E-state index is 12.4. The monoisotopic (exact) mass is 422 g/mol. The molecule has 0 unspecified atom stereocenters. The second-order valence-electron chi connectivity index (χ2n) is 6.39. The minimum absolute atomic E-state index is 0.0125. The van der Waals surface area contributed by atoms with Gasteiger partial charge in [0.15, 0.2) is 5.70 Å². The van der Waals surface area contributed by atoms with E-state index in [0.29, 0.717) is 17.9 Å². The van der Waals surface area contributed by atoms with Crippen molar-refractivity contribution in [2.45, 2.75) is 6.92 Å². The highest BCUT2D eigenvalue weighted by Crippen LogP contribution is 2.32. The Kier molecular flexibility index (Phi) is 5.20. The third-order valence-corrected chi connectivity index (χ3v) is 4.84. The lowest BCUT2D eigenvalue weighted by Crippen LogP contribution is -2.06. The van der Waals surface area contributed by atoms with Crippen LogP contribution < -0.4 is 4.74 Å². The van der Waals surface area contributed by atoms with E-state index in [1.54, 1.807) is 6.08 Å². The van der Waals surface area contributed by atoms with Gasteiger partial charge in [0.1, 0.15) is 10.8 Å². The van der Waals surface area contributed by atoms with Crippen molar-refractivity contribution in [3.05, 3.63) is 86.6 Å². The van der Waals surface area contributed by atoms with Crippen LogP contribution in [-0.2, 0) is 9.53 Å². The molecule has 0 amide bonds. The van der Waals surface area contributed by atoms with Gasteiger partial charge in [0.25, 0.3) is 5.69 Å². The highest BCUT2D eigenvalue weighted by molar-refractivity contribution is 6.32. The van der Waals surface area contributed by atoms with Gasteiger partial charge in [-0.25, -0.2) is 9.79 Å². The summed E-state index contributed by atoms with van der Waals surface area (Å²) in [5.74, 6) is -0.0653. The van der Waals surface area contributed by atoms with Gasteiger partial charge < -0.3 is 9.47 Å². The van der Waals surface area contributed by atoms with Gasteiger partial charge in [0.2, 0.25) is 5.90 Å². The first-order valence-corrected chi connectivity index (χ1v) is 9.47. The van der Waals surface area contributed by atoms with E-state index in [2.05, 4.69) is 4.99 Å². The quantitative estimate of drug-likeness (QED) is 0.245. The number of benzene rings is 3. The molecule has 30 heavy (non-hydrogen) atoms. The van der Waals surface area contributed by atoms with Gasteiger partial charge in [0, 0.05) is 17.2 Å². The number of carbonyl (C=O) groups is 1. The molecule has 3 aromatic rings. The Bertz CT molecular complexity index is 1250. The van der Waals surface area contributed by atoms with Crippen molar-refractivity contribution in [3.8, 4) is 5.75 Å². The Balaban J connectivity index is 1.81. The van der Waals surface area contributed by atoms with E-state index in [4.69, 9.17) is 21.1 Å². The largest absolute Gasteiger partial charge is 0.493 e. The minimum Gasteiger partial charge on any atom is -0.493 e. The third kappa shape index (κ3) is 3.62. The van der Waals surface area contributed by atoms with Gasteiger partial charge in [-0.05, 0) is 42.0 Å². The lowest BCUT2D eigenvalue weighted by Gasteiger charge is -2.10. The molecular formula is C22H15ClN2O5. The smallest absolute Gasteiger partial charge is 0.363 e. The lowest BCUT2D eigenvalue weighted by atomic mass is 10.0. The zero-order chi connectivity index (χ0) is 21.3. The van der Waals surface area contributed by atoms with Crippen molar-refractivity contribution < 1.29 is 19.2 Å². The van der Waals surface area contributed by atoms with Crippen molar-refractivity contribution in [1.82, 2.24) is 0 Å². The zero-order valence-electron chi connectivity index (χ0n) is 15.8. The Morgan fingerprint density at radius 3 is 2.77 bits per heavy atom. The number of esters is 1. The Hall–Kier alpha value is -3.71. The van der Waals surface area contributed by atoms with Crippen LogP contribution in [0.4, 0.5) is 5.69 Å². The van der Waals surface area contributed by atoms with E-state index in [9.17, 15) is 14.9 Å². The van der Waals surface area contributed by atoms with E-state index >= 15 is 0 Å². The average molecular weight is 423 g/mol. The molecule has 0 atom stereocenters. The molecule has 0 aliphatic carbocycles. The van der Waals surface area contributed by atoms with Gasteiger partial charge in [0.05, 0.1) is 11.5 Å². The van der Waals surface area contributed by atoms with Crippen LogP contribution in [0, 0.1) is 10.1 Å². The maximum atomic E-state index is 12.4. The van der Waals surface area contributed by atoms with Crippen LogP contribution in [0.25, 0.3) is 16.8 Å². The fourth-order valence-electron chi connectivity index (χ4n) is 3.16. The number of rotatable bonds is 5. The number of nitro groups is 1. The van der Waals surface area contributed by atoms with E-state index < -0.39 is 10.9 Å². The minimum atomic E-state index is -0.655. The summed E-state index contributed by atoms with van der Waals surface area (Å²) in [4.78, 5) is 27.2. The van der Waals surface area contributed by atoms with Crippen molar-refractivity contribution in [1.29, 1.82) is 0 Å². The van der Waals surface area contributed by atoms with Crippen LogP contribution in [0.2, 0.25) is 5.02 Å². The van der Waals surface area contributed by atoms with Crippen LogP contribution in [0.15, 0.2) is 65.3 Å². The number of nitro benzene ring substituents is 1. The van der Waals surface area contributed by atoms with Crippen LogP contribution in [0.1, 0.15) is 18.1 Å². The predicted molar refractivity (Wildman–Crippen MR) is 114 cm³/mol. The molecule has 0 saturated heterocycles. The van der Waals surface area contributed by atoms with Crippen LogP contribution in [0.5, 0.6) is 5.75 Å². The highest BCUT2D eigenvalue weighted by atomic mass is 35.5. The normalized spacial score (nSPS) is 14.7. The molecule has 0 radical (unpaired) electrons. The molecule has 1 aliphatic rings. The van der Waals surface area contributed by atoms with Crippen LogP contribution in [-0.4, -0.2) is 23.4 Å². The van der Waals surface area contributed by atoms with Crippen molar-refractivity contribution >= 4 is 46.0 Å². The number of hydrogen-bond donors (Lipinski definition) is 0. The number of aliphatic imine (C=N–C) groups is 1. The van der Waals surface area contributed by atoms with E-state index in [1.165, 1.54) is 18.2 Å². The fourth-order valence-corrected chi connectivity index (χ4v) is 3.35. The first-order valence-electron chi connectivity index (χ1n) is 9.09. The van der Waals surface area contributed by atoms with Crippen LogP contribution in [0.3, 0.4) is 0 Å². The van der Waals surface area contributed by atoms with E-state index in [-0.39, 0.29) is 27.9 Å². The average Bonchev–Trinajstić information content (AvgIpc) is 3.10. The molecule has 0 N–H and O–H groups in total. The predicted octanol–water partition coefficient (Wildman–Crippen LogP) is 5.14. The van der Waals surface area contributed by atoms with Gasteiger partial charge in [-0.3, -0.25) is 10.1 Å². The molecule has 0 fully saturated rings. The summed E-state index contributed by atoms with van der Waals surface area (Å²) < 4.78 is 11.0. The Labute approximate surface area is 176 Å². The van der Waals surface area contributed by atoms with Gasteiger partial charge in [-0.2, -0.15) is 0 Å². The first-order chi connectivity index (χ1) is 14.5. The van der Waals surface area contributed by atoms with Gasteiger partial charge in [-0.1, -0.05) is 41.9 Å². The molecule has 1 heterocycles. The molecule has 0 saturated carbocycles. The highest BCUT2D eigenvalue weighted by Gasteiger charge is 2.27. The fraction of sp³-hybridized carbons (Fsp3) is 0.0909. The van der Waals surface area contributed by atoms with Crippen LogP contribution >= 0.6 is 11.6 Å². The molecule has 8 heteroatoms. The van der Waals surface area contributed by atoms with Crippen molar-refractivity contribution in [2.75, 3.05) is 6.61 Å². The zero-order valence-corrected chi connectivity index (χ0v) is 16.6. The summed E-state index contributed by atoms with van der Waals surface area (Å²) in [5.41, 5.74) is 0.762. The molecule has 0 spiro atoms. The lowest BCUT2D eigenvalue weighted by molar-refractivity contribution is -0.384. The molecule has 0 aromatic heterocycles. The van der Waals surface area contributed by atoms with E-state index in [0.717, 1.165) is 10.8 Å². The number of carbonyl (C=O) groups excluding carboxylic acids is 1. The number of ether oxygens (including phenoxy) is 2. The van der Waals surface area contributed by atoms with Crippen molar-refractivity contribution in [2.24, 2.45) is 4.99 Å². The second kappa shape index (κ2) is 7.96. The summed E-state index contributed by atoms with van der Waals surface area (Å²) in [5, 5.41) is 13.0. The SMILES string of the molecule is CCOc1ccc2ccccc2c1/C=C1\N=C(c2ccc(Cl)c([N+](=O)[O-])c2)OC1=O. The topological polar surface area (TPSA) is 91.0 Å².